The number of hydrogen-bond donors (Lipinski definition) is 4. The van der Waals surface area contributed by atoms with Crippen LogP contribution in [-0.4, -0.2) is 115 Å². The molecule has 0 spiro atoms. The number of amides is 3. The average molecular weight is 604 g/mol. The van der Waals surface area contributed by atoms with Crippen LogP contribution in [0, 0.1) is 0 Å². The molecule has 0 aliphatic carbocycles. The minimum absolute atomic E-state index is 0.0172. The van der Waals surface area contributed by atoms with Crippen LogP contribution in [-0.2, 0) is 20.8 Å². The topological polar surface area (TPSA) is 123 Å². The van der Waals surface area contributed by atoms with Crippen molar-refractivity contribution in [3.63, 3.8) is 0 Å². The van der Waals surface area contributed by atoms with Crippen molar-refractivity contribution in [2.45, 2.75) is 76.0 Å². The Kier molecular flexibility index (Phi) is 14.9. The number of rotatable bonds is 18. The summed E-state index contributed by atoms with van der Waals surface area (Å²) >= 11 is 1.47. The number of piperidine rings is 1. The van der Waals surface area contributed by atoms with E-state index in [1.54, 1.807) is 4.90 Å². The molecule has 42 heavy (non-hydrogen) atoms. The molecule has 1 aromatic carbocycles. The highest BCUT2D eigenvalue weighted by molar-refractivity contribution is 8.01. The van der Waals surface area contributed by atoms with Crippen molar-refractivity contribution in [3.05, 3.63) is 29.8 Å². The van der Waals surface area contributed by atoms with E-state index in [0.717, 1.165) is 57.8 Å². The zero-order chi connectivity index (χ0) is 30.3. The van der Waals surface area contributed by atoms with E-state index in [4.69, 9.17) is 5.73 Å². The number of benzene rings is 1. The molecular formula is C31H53N7O3S. The molecule has 2 aliphatic rings. The molecule has 1 unspecified atom stereocenters. The molecule has 3 rings (SSSR count). The quantitative estimate of drug-likeness (QED) is 0.201. The van der Waals surface area contributed by atoms with Crippen molar-refractivity contribution >= 4 is 35.2 Å². The molecule has 236 valence electrons. The number of likely N-dealkylation sites (tertiary alicyclic amines) is 1. The second-order valence-corrected chi connectivity index (χ2v) is 12.5. The van der Waals surface area contributed by atoms with Gasteiger partial charge in [0, 0.05) is 51.4 Å². The number of carbonyl (C=O) groups excluding carboxylic acids is 3. The van der Waals surface area contributed by atoms with Crippen molar-refractivity contribution in [2.75, 3.05) is 70.8 Å². The van der Waals surface area contributed by atoms with Crippen LogP contribution in [0.5, 0.6) is 0 Å². The lowest BCUT2D eigenvalue weighted by Gasteiger charge is -2.28. The smallest absolute Gasteiger partial charge is 0.240 e. The van der Waals surface area contributed by atoms with E-state index >= 15 is 0 Å². The second-order valence-electron chi connectivity index (χ2n) is 11.2. The number of anilines is 1. The van der Waals surface area contributed by atoms with E-state index in [0.29, 0.717) is 32.6 Å². The van der Waals surface area contributed by atoms with Crippen LogP contribution in [0.2, 0.25) is 0 Å². The maximum Gasteiger partial charge on any atom is 0.240 e. The standard InChI is InChI=1S/C31H53N7O3S/c1-4-36(5-2)21-17-33-27(39)12-10-11-24-13-15-25(16-14-24)35-23-26-30(41)38(6-3)31(42-26)28(32)29(40)34-18-22-37-19-8-7-9-20-37/h13-16,26,28,31,35H,4-12,17-23,32H2,1-3H3,(H,33,39)(H,34,40)/t26-,28-,31?/m1/s1. The predicted octanol–water partition coefficient (Wildman–Crippen LogP) is 2.10. The van der Waals surface area contributed by atoms with Crippen LogP contribution in [0.15, 0.2) is 24.3 Å². The third-order valence-corrected chi connectivity index (χ3v) is 9.78. The number of hydrogen-bond acceptors (Lipinski definition) is 8. The highest BCUT2D eigenvalue weighted by Crippen LogP contribution is 2.33. The van der Waals surface area contributed by atoms with Gasteiger partial charge in [-0.2, -0.15) is 0 Å². The Balaban J connectivity index is 1.37. The third-order valence-electron chi connectivity index (χ3n) is 8.26. The van der Waals surface area contributed by atoms with E-state index in [1.165, 1.54) is 36.6 Å². The molecule has 1 aromatic rings. The zero-order valence-electron chi connectivity index (χ0n) is 25.9. The number of carbonyl (C=O) groups is 3. The van der Waals surface area contributed by atoms with Gasteiger partial charge in [-0.3, -0.25) is 14.4 Å². The Bertz CT molecular complexity index is 970. The molecule has 0 saturated carbocycles. The van der Waals surface area contributed by atoms with Gasteiger partial charge in [0.05, 0.1) is 0 Å². The Hall–Kier alpha value is -2.34. The highest BCUT2D eigenvalue weighted by atomic mass is 32.2. The van der Waals surface area contributed by atoms with Crippen molar-refractivity contribution in [3.8, 4) is 0 Å². The van der Waals surface area contributed by atoms with E-state index in [9.17, 15) is 14.4 Å². The van der Waals surface area contributed by atoms with Gasteiger partial charge in [-0.1, -0.05) is 32.4 Å². The van der Waals surface area contributed by atoms with Gasteiger partial charge in [-0.05, 0) is 76.5 Å². The molecule has 0 bridgehead atoms. The monoisotopic (exact) mass is 603 g/mol. The summed E-state index contributed by atoms with van der Waals surface area (Å²) in [5.74, 6) is -0.0751. The van der Waals surface area contributed by atoms with Gasteiger partial charge in [-0.25, -0.2) is 0 Å². The summed E-state index contributed by atoms with van der Waals surface area (Å²) in [6.07, 6.45) is 5.89. The van der Waals surface area contributed by atoms with Crippen LogP contribution in [0.4, 0.5) is 5.69 Å². The van der Waals surface area contributed by atoms with Crippen LogP contribution in [0.1, 0.15) is 58.4 Å². The first-order valence-corrected chi connectivity index (χ1v) is 16.8. The van der Waals surface area contributed by atoms with Crippen molar-refractivity contribution in [2.24, 2.45) is 5.73 Å². The maximum atomic E-state index is 13.1. The van der Waals surface area contributed by atoms with E-state index in [1.807, 2.05) is 19.1 Å². The minimum Gasteiger partial charge on any atom is -0.383 e. The van der Waals surface area contributed by atoms with Crippen molar-refractivity contribution < 1.29 is 14.4 Å². The van der Waals surface area contributed by atoms with E-state index in [-0.39, 0.29) is 28.3 Å². The molecule has 2 aliphatic heterocycles. The molecule has 0 radical (unpaired) electrons. The minimum atomic E-state index is -0.769. The fourth-order valence-electron chi connectivity index (χ4n) is 5.56. The van der Waals surface area contributed by atoms with Crippen molar-refractivity contribution in [1.82, 2.24) is 25.3 Å². The van der Waals surface area contributed by atoms with Crippen LogP contribution in [0.3, 0.4) is 0 Å². The molecule has 0 aromatic heterocycles. The highest BCUT2D eigenvalue weighted by Gasteiger charge is 2.44. The van der Waals surface area contributed by atoms with Crippen molar-refractivity contribution in [1.29, 1.82) is 0 Å². The van der Waals surface area contributed by atoms with E-state index in [2.05, 4.69) is 51.7 Å². The maximum absolute atomic E-state index is 13.1. The van der Waals surface area contributed by atoms with Gasteiger partial charge in [0.15, 0.2) is 0 Å². The Morgan fingerprint density at radius 2 is 1.76 bits per heavy atom. The molecule has 2 saturated heterocycles. The van der Waals surface area contributed by atoms with Gasteiger partial charge in [0.2, 0.25) is 17.7 Å². The lowest BCUT2D eigenvalue weighted by molar-refractivity contribution is -0.131. The van der Waals surface area contributed by atoms with Crippen LogP contribution >= 0.6 is 11.8 Å². The molecule has 2 fully saturated rings. The molecule has 5 N–H and O–H groups in total. The van der Waals surface area contributed by atoms with E-state index < -0.39 is 6.04 Å². The average Bonchev–Trinajstić information content (AvgIpc) is 3.33. The molecule has 2 heterocycles. The number of thioether (sulfide) groups is 1. The number of nitrogens with one attached hydrogen (secondary N) is 3. The molecule has 3 amide bonds. The summed E-state index contributed by atoms with van der Waals surface area (Å²) in [6.45, 7) is 14.3. The Morgan fingerprint density at radius 3 is 2.43 bits per heavy atom. The van der Waals surface area contributed by atoms with Crippen LogP contribution in [0.25, 0.3) is 0 Å². The number of nitrogens with zero attached hydrogens (tertiary/aromatic N) is 3. The van der Waals surface area contributed by atoms with Crippen LogP contribution < -0.4 is 21.7 Å². The number of likely N-dealkylation sites (N-methyl/N-ethyl adjacent to an activating group) is 2. The van der Waals surface area contributed by atoms with Gasteiger partial charge < -0.3 is 36.4 Å². The largest absolute Gasteiger partial charge is 0.383 e. The molecule has 11 heteroatoms. The Morgan fingerprint density at radius 1 is 1.05 bits per heavy atom. The first-order valence-electron chi connectivity index (χ1n) is 15.9. The molecule has 3 atom stereocenters. The fraction of sp³-hybridized carbons (Fsp3) is 0.710. The summed E-state index contributed by atoms with van der Waals surface area (Å²) in [6, 6.07) is 7.39. The summed E-state index contributed by atoms with van der Waals surface area (Å²) < 4.78 is 0. The second kappa shape index (κ2) is 18.4. The van der Waals surface area contributed by atoms with Gasteiger partial charge in [0.25, 0.3) is 0 Å². The summed E-state index contributed by atoms with van der Waals surface area (Å²) in [5, 5.41) is 8.70. The predicted molar refractivity (Wildman–Crippen MR) is 172 cm³/mol. The summed E-state index contributed by atoms with van der Waals surface area (Å²) in [5.41, 5.74) is 8.49. The van der Waals surface area contributed by atoms with Gasteiger partial charge in [0.1, 0.15) is 16.7 Å². The van der Waals surface area contributed by atoms with Gasteiger partial charge >= 0.3 is 0 Å². The zero-order valence-corrected chi connectivity index (χ0v) is 26.7. The molecular weight excluding hydrogens is 550 g/mol. The normalized spacial score (nSPS) is 20.1. The summed E-state index contributed by atoms with van der Waals surface area (Å²) in [4.78, 5) is 44.5. The first kappa shape index (κ1) is 34.2. The Labute approximate surface area is 256 Å². The third kappa shape index (κ3) is 10.7. The first-order chi connectivity index (χ1) is 20.4. The molecule has 10 nitrogen and oxygen atoms in total. The number of aryl methyl sites for hydroxylation is 1. The number of nitrogens with two attached hydrogens (primary N) is 1. The van der Waals surface area contributed by atoms with Gasteiger partial charge in [-0.15, -0.1) is 11.8 Å². The SMILES string of the molecule is CCN(CC)CCNC(=O)CCCc1ccc(NC[C@H]2SC([C@H](N)C(=O)NCCN3CCCCC3)N(CC)C2=O)cc1. The lowest BCUT2D eigenvalue weighted by Crippen LogP contribution is -2.53. The fourth-order valence-corrected chi connectivity index (χ4v) is 7.02. The lowest BCUT2D eigenvalue weighted by atomic mass is 10.1. The summed E-state index contributed by atoms with van der Waals surface area (Å²) in [7, 11) is 0.